The molecule has 27 heavy (non-hydrogen) atoms. The molecule has 6 aliphatic rings. The second kappa shape index (κ2) is 5.49. The molecule has 2 atom stereocenters. The normalized spacial score (nSPS) is 41.1. The molecule has 1 aromatic rings. The number of fused-ring (bicyclic) bond motifs is 3. The van der Waals surface area contributed by atoms with Gasteiger partial charge in [0.1, 0.15) is 6.04 Å². The molecule has 1 aromatic carbocycles. The lowest BCUT2D eigenvalue weighted by molar-refractivity contribution is -0.147. The lowest BCUT2D eigenvalue weighted by atomic mass is 9.49. The molecule has 7 rings (SSSR count). The Balaban J connectivity index is 1.21. The molecule has 0 radical (unpaired) electrons. The van der Waals surface area contributed by atoms with E-state index in [0.717, 1.165) is 54.9 Å². The zero-order valence-corrected chi connectivity index (χ0v) is 15.6. The fourth-order valence-electron chi connectivity index (χ4n) is 7.23. The summed E-state index contributed by atoms with van der Waals surface area (Å²) in [5.41, 5.74) is 1.85. The number of hydrogen-bond acceptors (Lipinski definition) is 3. The Labute approximate surface area is 159 Å². The van der Waals surface area contributed by atoms with Gasteiger partial charge in [-0.05, 0) is 74.8 Å². The third-order valence-corrected chi connectivity index (χ3v) is 7.93. The van der Waals surface area contributed by atoms with Gasteiger partial charge in [0.15, 0.2) is 0 Å². The summed E-state index contributed by atoms with van der Waals surface area (Å²) in [7, 11) is 0. The minimum Gasteiger partial charge on any atom is -0.356 e. The number of rotatable bonds is 2. The number of carbonyl (C=O) groups is 2. The first-order chi connectivity index (χ1) is 13.1. The minimum atomic E-state index is -0.165. The summed E-state index contributed by atoms with van der Waals surface area (Å²) >= 11 is 0. The van der Waals surface area contributed by atoms with Gasteiger partial charge in [-0.3, -0.25) is 9.59 Å². The van der Waals surface area contributed by atoms with Crippen LogP contribution in [0.2, 0.25) is 0 Å². The molecule has 5 heteroatoms. The fourth-order valence-corrected chi connectivity index (χ4v) is 7.23. The number of anilines is 2. The molecule has 2 amide bonds. The van der Waals surface area contributed by atoms with E-state index in [1.54, 1.807) is 0 Å². The Kier molecular flexibility index (Phi) is 3.25. The van der Waals surface area contributed by atoms with Gasteiger partial charge in [0, 0.05) is 18.0 Å². The predicted molar refractivity (Wildman–Crippen MR) is 103 cm³/mol. The Hall–Kier alpha value is -2.04. The van der Waals surface area contributed by atoms with Crippen LogP contribution < -0.4 is 15.5 Å². The molecule has 0 spiro atoms. The maximum absolute atomic E-state index is 13.4. The first-order valence-corrected chi connectivity index (χ1v) is 10.6. The van der Waals surface area contributed by atoms with Gasteiger partial charge in [0.25, 0.3) is 0 Å². The van der Waals surface area contributed by atoms with Gasteiger partial charge in [-0.25, -0.2) is 0 Å². The monoisotopic (exact) mass is 365 g/mol. The summed E-state index contributed by atoms with van der Waals surface area (Å²) in [6.45, 7) is 0.729. The molecule has 4 saturated carbocycles. The Bertz CT molecular complexity index is 784. The molecule has 1 saturated heterocycles. The summed E-state index contributed by atoms with van der Waals surface area (Å²) in [5.74, 6) is 2.65. The van der Waals surface area contributed by atoms with E-state index in [0.29, 0.717) is 6.42 Å². The second-order valence-corrected chi connectivity index (χ2v) is 9.78. The van der Waals surface area contributed by atoms with Crippen molar-refractivity contribution in [1.29, 1.82) is 0 Å². The summed E-state index contributed by atoms with van der Waals surface area (Å²) in [6.07, 6.45) is 8.03. The smallest absolute Gasteiger partial charge is 0.247 e. The molecule has 2 N–H and O–H groups in total. The van der Waals surface area contributed by atoms with Gasteiger partial charge in [-0.1, -0.05) is 12.1 Å². The van der Waals surface area contributed by atoms with E-state index in [1.807, 2.05) is 18.2 Å². The van der Waals surface area contributed by atoms with Crippen LogP contribution in [0.5, 0.6) is 0 Å². The number of hydrogen-bond donors (Lipinski definition) is 2. The minimum absolute atomic E-state index is 0.0558. The quantitative estimate of drug-likeness (QED) is 0.847. The number of para-hydroxylation sites is 2. The zero-order chi connectivity index (χ0) is 18.2. The Morgan fingerprint density at radius 1 is 1.04 bits per heavy atom. The van der Waals surface area contributed by atoms with Crippen molar-refractivity contribution in [3.63, 3.8) is 0 Å². The number of benzene rings is 1. The van der Waals surface area contributed by atoms with Crippen LogP contribution in [-0.4, -0.2) is 30.4 Å². The summed E-state index contributed by atoms with van der Waals surface area (Å²) in [6, 6.07) is 7.86. The van der Waals surface area contributed by atoms with Gasteiger partial charge in [-0.15, -0.1) is 0 Å². The molecule has 2 unspecified atom stereocenters. The van der Waals surface area contributed by atoms with Crippen molar-refractivity contribution in [2.45, 2.75) is 57.0 Å². The van der Waals surface area contributed by atoms with E-state index in [-0.39, 0.29) is 29.3 Å². The van der Waals surface area contributed by atoms with Crippen LogP contribution in [0.25, 0.3) is 0 Å². The number of amides is 2. The topological polar surface area (TPSA) is 61.4 Å². The highest BCUT2D eigenvalue weighted by atomic mass is 16.2. The first-order valence-electron chi connectivity index (χ1n) is 10.6. The van der Waals surface area contributed by atoms with E-state index in [2.05, 4.69) is 21.6 Å². The van der Waals surface area contributed by atoms with E-state index in [1.165, 1.54) is 19.3 Å². The molecular weight excluding hydrogens is 338 g/mol. The largest absolute Gasteiger partial charge is 0.356 e. The molecule has 4 aliphatic carbocycles. The van der Waals surface area contributed by atoms with Gasteiger partial charge >= 0.3 is 0 Å². The van der Waals surface area contributed by atoms with Crippen molar-refractivity contribution in [2.24, 2.45) is 23.2 Å². The van der Waals surface area contributed by atoms with Gasteiger partial charge < -0.3 is 15.5 Å². The third-order valence-electron chi connectivity index (χ3n) is 7.93. The van der Waals surface area contributed by atoms with E-state index in [4.69, 9.17) is 0 Å². The number of carbonyl (C=O) groups excluding carboxylic acids is 2. The van der Waals surface area contributed by atoms with Crippen LogP contribution in [0.1, 0.15) is 44.9 Å². The maximum Gasteiger partial charge on any atom is 0.247 e. The predicted octanol–water partition coefficient (Wildman–Crippen LogP) is 2.92. The highest BCUT2D eigenvalue weighted by molar-refractivity contribution is 6.04. The molecule has 142 valence electrons. The molecule has 5 nitrogen and oxygen atoms in total. The summed E-state index contributed by atoms with van der Waals surface area (Å²) in [4.78, 5) is 28.1. The van der Waals surface area contributed by atoms with E-state index < -0.39 is 0 Å². The van der Waals surface area contributed by atoms with Crippen molar-refractivity contribution in [2.75, 3.05) is 16.8 Å². The van der Waals surface area contributed by atoms with Crippen molar-refractivity contribution < 1.29 is 9.59 Å². The van der Waals surface area contributed by atoms with Gasteiger partial charge in [-0.2, -0.15) is 0 Å². The Morgan fingerprint density at radius 3 is 2.41 bits per heavy atom. The van der Waals surface area contributed by atoms with Crippen LogP contribution in [0.15, 0.2) is 24.3 Å². The number of nitrogens with one attached hydrogen (secondary N) is 2. The van der Waals surface area contributed by atoms with Crippen LogP contribution >= 0.6 is 0 Å². The second-order valence-electron chi connectivity index (χ2n) is 9.78. The van der Waals surface area contributed by atoms with Crippen LogP contribution in [-0.2, 0) is 9.59 Å². The van der Waals surface area contributed by atoms with Crippen molar-refractivity contribution >= 4 is 23.2 Å². The molecule has 4 bridgehead atoms. The maximum atomic E-state index is 13.4. The highest BCUT2D eigenvalue weighted by Gasteiger charge is 2.55. The summed E-state index contributed by atoms with van der Waals surface area (Å²) in [5, 5.41) is 6.40. The molecule has 2 aliphatic heterocycles. The van der Waals surface area contributed by atoms with Crippen molar-refractivity contribution in [3.05, 3.63) is 24.3 Å². The lowest BCUT2D eigenvalue weighted by Gasteiger charge is -2.55. The fraction of sp³-hybridized carbons (Fsp3) is 0.636. The van der Waals surface area contributed by atoms with Crippen molar-refractivity contribution in [1.82, 2.24) is 5.32 Å². The average molecular weight is 365 g/mol. The third kappa shape index (κ3) is 2.36. The van der Waals surface area contributed by atoms with E-state index >= 15 is 0 Å². The van der Waals surface area contributed by atoms with E-state index in [9.17, 15) is 9.59 Å². The average Bonchev–Trinajstić information content (AvgIpc) is 3.05. The Morgan fingerprint density at radius 2 is 1.70 bits per heavy atom. The zero-order valence-electron chi connectivity index (χ0n) is 15.6. The van der Waals surface area contributed by atoms with Crippen molar-refractivity contribution in [3.8, 4) is 0 Å². The first kappa shape index (κ1) is 16.0. The van der Waals surface area contributed by atoms with Crippen LogP contribution in [0.4, 0.5) is 11.4 Å². The van der Waals surface area contributed by atoms with Gasteiger partial charge in [0.05, 0.1) is 11.4 Å². The lowest BCUT2D eigenvalue weighted by Crippen LogP contribution is -2.55. The SMILES string of the molecule is O=C1Nc2ccccc2N2CC(NC(=O)C34CC5CC(CC(C5)C3)C4)CC12. The van der Waals surface area contributed by atoms with Crippen LogP contribution in [0.3, 0.4) is 0 Å². The molecule has 5 fully saturated rings. The summed E-state index contributed by atoms with van der Waals surface area (Å²) < 4.78 is 0. The van der Waals surface area contributed by atoms with Gasteiger partial charge in [0.2, 0.25) is 11.8 Å². The number of nitrogens with zero attached hydrogens (tertiary/aromatic N) is 1. The molecule has 2 heterocycles. The standard InChI is InChI=1S/C22H27N3O2/c26-20-19-8-16(12-25(19)18-4-2-1-3-17(18)24-20)23-21(27)22-9-13-5-14(10-22)7-15(6-13)11-22/h1-4,13-16,19H,5-12H2,(H,23,27)(H,24,26). The molecular formula is C22H27N3O2. The van der Waals surface area contributed by atoms with Crippen LogP contribution in [0, 0.1) is 23.2 Å². The highest BCUT2D eigenvalue weighted by Crippen LogP contribution is 2.60. The molecule has 0 aromatic heterocycles.